The van der Waals surface area contributed by atoms with Gasteiger partial charge in [-0.3, -0.25) is 0 Å². The lowest BCUT2D eigenvalue weighted by Gasteiger charge is -2.09. The van der Waals surface area contributed by atoms with Crippen molar-refractivity contribution in [3.63, 3.8) is 0 Å². The van der Waals surface area contributed by atoms with Gasteiger partial charge in [-0.1, -0.05) is 43.3 Å². The molecule has 3 aromatic carbocycles. The van der Waals surface area contributed by atoms with Gasteiger partial charge in [-0.15, -0.1) is 0 Å². The molecule has 180 valence electrons. The van der Waals surface area contributed by atoms with E-state index in [9.17, 15) is 26.3 Å². The smallest absolute Gasteiger partial charge is 0.162 e. The van der Waals surface area contributed by atoms with Crippen molar-refractivity contribution in [2.45, 2.75) is 32.9 Å². The third kappa shape index (κ3) is 6.47. The van der Waals surface area contributed by atoms with Crippen LogP contribution in [0.15, 0.2) is 60.4 Å². The van der Waals surface area contributed by atoms with Gasteiger partial charge in [-0.05, 0) is 59.9 Å². The lowest BCUT2D eigenvalue weighted by Crippen LogP contribution is -1.98. The summed E-state index contributed by atoms with van der Waals surface area (Å²) in [5, 5.41) is 0. The van der Waals surface area contributed by atoms with Gasteiger partial charge < -0.3 is 0 Å². The minimum atomic E-state index is -1.20. The molecule has 0 amide bonds. The molecule has 0 N–H and O–H groups in total. The molecular formula is C27H24F6S. The van der Waals surface area contributed by atoms with E-state index in [-0.39, 0.29) is 16.9 Å². The maximum atomic E-state index is 14.7. The molecule has 3 rings (SSSR count). The van der Waals surface area contributed by atoms with Crippen LogP contribution in [0.25, 0.3) is 17.0 Å². The lowest BCUT2D eigenvalue weighted by atomic mass is 9.98. The molecule has 0 aromatic heterocycles. The molecule has 0 radical (unpaired) electrons. The van der Waals surface area contributed by atoms with E-state index in [0.717, 1.165) is 30.2 Å². The summed E-state index contributed by atoms with van der Waals surface area (Å²) in [6.45, 7) is 0.744. The van der Waals surface area contributed by atoms with Crippen LogP contribution in [0.2, 0.25) is 0 Å². The van der Waals surface area contributed by atoms with Crippen LogP contribution >= 0.6 is 11.8 Å². The van der Waals surface area contributed by atoms with Crippen molar-refractivity contribution < 1.29 is 26.3 Å². The Morgan fingerprint density at radius 3 is 2.03 bits per heavy atom. The summed E-state index contributed by atoms with van der Waals surface area (Å²) in [5.74, 6) is -3.83. The molecular weight excluding hydrogens is 470 g/mol. The molecule has 0 aliphatic heterocycles. The van der Waals surface area contributed by atoms with E-state index in [0.29, 0.717) is 29.7 Å². The zero-order valence-electron chi connectivity index (χ0n) is 18.6. The molecule has 0 aliphatic carbocycles. The maximum Gasteiger partial charge on any atom is 0.162 e. The summed E-state index contributed by atoms with van der Waals surface area (Å²) in [6, 6.07) is 12.9. The third-order valence-electron chi connectivity index (χ3n) is 5.34. The minimum Gasteiger partial charge on any atom is -0.246 e. The average molecular weight is 495 g/mol. The molecule has 0 aliphatic rings. The molecule has 0 atom stereocenters. The molecule has 0 heterocycles. The van der Waals surface area contributed by atoms with E-state index < -0.39 is 41.3 Å². The number of hydrogen-bond donors (Lipinski definition) is 0. The third-order valence-corrected chi connectivity index (χ3v) is 6.49. The van der Waals surface area contributed by atoms with E-state index in [2.05, 4.69) is 0 Å². The fourth-order valence-electron chi connectivity index (χ4n) is 3.48. The van der Waals surface area contributed by atoms with Crippen molar-refractivity contribution in [3.8, 4) is 11.1 Å². The Balaban J connectivity index is 1.69. The van der Waals surface area contributed by atoms with Crippen molar-refractivity contribution in [2.75, 3.05) is 11.5 Å². The van der Waals surface area contributed by atoms with Crippen molar-refractivity contribution >= 4 is 17.6 Å². The molecule has 0 bridgehead atoms. The number of benzene rings is 3. The summed E-state index contributed by atoms with van der Waals surface area (Å²) in [5.41, 5.74) is 1.35. The quantitative estimate of drug-likeness (QED) is 0.201. The van der Waals surface area contributed by atoms with Gasteiger partial charge in [0, 0.05) is 16.9 Å². The zero-order valence-corrected chi connectivity index (χ0v) is 19.4. The summed E-state index contributed by atoms with van der Waals surface area (Å²) >= 11 is 1.28. The summed E-state index contributed by atoms with van der Waals surface area (Å²) in [6.07, 6.45) is 1.67. The number of alkyl halides is 1. The Labute approximate surface area is 199 Å². The zero-order chi connectivity index (χ0) is 24.7. The Bertz CT molecular complexity index is 1130. The molecule has 0 saturated carbocycles. The minimum absolute atomic E-state index is 0.0935. The topological polar surface area (TPSA) is 0 Å². The van der Waals surface area contributed by atoms with Crippen molar-refractivity contribution in [3.05, 3.63) is 100 Å². The summed E-state index contributed by atoms with van der Waals surface area (Å²) in [4.78, 5) is 0. The van der Waals surface area contributed by atoms with Gasteiger partial charge >= 0.3 is 0 Å². The van der Waals surface area contributed by atoms with E-state index in [1.807, 2.05) is 6.92 Å². The summed E-state index contributed by atoms with van der Waals surface area (Å²) < 4.78 is 83.1. The van der Waals surface area contributed by atoms with Crippen LogP contribution in [0.4, 0.5) is 26.3 Å². The van der Waals surface area contributed by atoms with E-state index in [1.54, 1.807) is 24.3 Å². The number of rotatable bonds is 10. The normalized spacial score (nSPS) is 12.1. The first kappa shape index (κ1) is 25.9. The monoisotopic (exact) mass is 494 g/mol. The largest absolute Gasteiger partial charge is 0.246 e. The molecule has 0 saturated heterocycles. The van der Waals surface area contributed by atoms with E-state index in [1.165, 1.54) is 23.9 Å². The van der Waals surface area contributed by atoms with Crippen LogP contribution in [0, 0.1) is 17.5 Å². The molecule has 3 aromatic rings. The van der Waals surface area contributed by atoms with E-state index >= 15 is 0 Å². The predicted octanol–water partition coefficient (Wildman–Crippen LogP) is 8.78. The van der Waals surface area contributed by atoms with Gasteiger partial charge in [0.05, 0.1) is 5.56 Å². The van der Waals surface area contributed by atoms with Crippen molar-refractivity contribution in [1.82, 2.24) is 0 Å². The summed E-state index contributed by atoms with van der Waals surface area (Å²) in [7, 11) is 0. The Morgan fingerprint density at radius 1 is 0.794 bits per heavy atom. The molecule has 34 heavy (non-hydrogen) atoms. The first-order valence-corrected chi connectivity index (χ1v) is 12.0. The first-order chi connectivity index (χ1) is 16.3. The molecule has 0 spiro atoms. The Kier molecular flexibility index (Phi) is 9.28. The SMILES string of the molecule is CCCSCC(F)=C(F)c1ccc(-c2ccc(CCc3cc(F)c(CF)c(F)c3)cc2)c(F)c1. The van der Waals surface area contributed by atoms with Crippen LogP contribution in [-0.4, -0.2) is 11.5 Å². The second-order valence-corrected chi connectivity index (χ2v) is 8.94. The van der Waals surface area contributed by atoms with Crippen LogP contribution in [0.1, 0.15) is 35.6 Å². The van der Waals surface area contributed by atoms with Gasteiger partial charge in [-0.2, -0.15) is 11.8 Å². The molecule has 0 nitrogen and oxygen atoms in total. The highest BCUT2D eigenvalue weighted by Crippen LogP contribution is 2.30. The highest BCUT2D eigenvalue weighted by atomic mass is 32.2. The Morgan fingerprint density at radius 2 is 1.44 bits per heavy atom. The van der Waals surface area contributed by atoms with Gasteiger partial charge in [0.15, 0.2) is 5.83 Å². The average Bonchev–Trinajstić information content (AvgIpc) is 2.82. The van der Waals surface area contributed by atoms with Gasteiger partial charge in [-0.25, -0.2) is 26.3 Å². The second kappa shape index (κ2) is 12.2. The predicted molar refractivity (Wildman–Crippen MR) is 127 cm³/mol. The lowest BCUT2D eigenvalue weighted by molar-refractivity contribution is 0.439. The van der Waals surface area contributed by atoms with Gasteiger partial charge in [0.25, 0.3) is 0 Å². The van der Waals surface area contributed by atoms with Crippen LogP contribution in [0.5, 0.6) is 0 Å². The standard InChI is InChI=1S/C27H24F6S/c1-2-11-34-16-26(32)27(33)20-9-10-21(25(31)14-20)19-7-5-17(6-8-19)3-4-18-12-23(29)22(15-28)24(30)13-18/h5-10,12-14H,2-4,11,15-16H2,1H3. The van der Waals surface area contributed by atoms with E-state index in [4.69, 9.17) is 0 Å². The molecule has 0 fully saturated rings. The maximum absolute atomic E-state index is 14.7. The first-order valence-electron chi connectivity index (χ1n) is 10.9. The highest BCUT2D eigenvalue weighted by molar-refractivity contribution is 7.99. The number of aryl methyl sites for hydroxylation is 2. The Hall–Kier alpha value is -2.67. The number of thioether (sulfide) groups is 1. The van der Waals surface area contributed by atoms with Crippen LogP contribution < -0.4 is 0 Å². The molecule has 0 unspecified atom stereocenters. The van der Waals surface area contributed by atoms with Crippen molar-refractivity contribution in [1.29, 1.82) is 0 Å². The van der Waals surface area contributed by atoms with Gasteiger partial charge in [0.2, 0.25) is 0 Å². The fraction of sp³-hybridized carbons (Fsp3) is 0.259. The van der Waals surface area contributed by atoms with Crippen LogP contribution in [-0.2, 0) is 19.5 Å². The van der Waals surface area contributed by atoms with Crippen molar-refractivity contribution in [2.24, 2.45) is 0 Å². The fourth-order valence-corrected chi connectivity index (χ4v) is 4.22. The van der Waals surface area contributed by atoms with Gasteiger partial charge in [0.1, 0.15) is 30.0 Å². The second-order valence-electron chi connectivity index (χ2n) is 7.83. The number of hydrogen-bond acceptors (Lipinski definition) is 1. The molecule has 7 heteroatoms. The number of halogens is 6. The highest BCUT2D eigenvalue weighted by Gasteiger charge is 2.14. The van der Waals surface area contributed by atoms with Crippen LogP contribution in [0.3, 0.4) is 0 Å².